The van der Waals surface area contributed by atoms with Crippen LogP contribution in [0.15, 0.2) is 12.2 Å². The first kappa shape index (κ1) is 13.0. The molecule has 3 aliphatic rings. The van der Waals surface area contributed by atoms with E-state index in [0.29, 0.717) is 6.42 Å². The van der Waals surface area contributed by atoms with Gasteiger partial charge in [0.1, 0.15) is 17.5 Å². The van der Waals surface area contributed by atoms with Crippen LogP contribution in [0.5, 0.6) is 0 Å². The van der Waals surface area contributed by atoms with Crippen molar-refractivity contribution < 1.29 is 27.5 Å². The van der Waals surface area contributed by atoms with Crippen molar-refractivity contribution in [3.05, 3.63) is 12.2 Å². The zero-order valence-electron chi connectivity index (χ0n) is 10.4. The van der Waals surface area contributed by atoms with Gasteiger partial charge in [-0.15, -0.1) is 0 Å². The van der Waals surface area contributed by atoms with Crippen LogP contribution in [0.3, 0.4) is 0 Å². The molecule has 0 spiro atoms. The summed E-state index contributed by atoms with van der Waals surface area (Å²) in [5.74, 6) is -0.623. The largest absolute Gasteiger partial charge is 0.453 e. The lowest BCUT2D eigenvalue weighted by Crippen LogP contribution is -2.40. The Hall–Kier alpha value is -1.05. The Bertz CT molecular complexity index is 487. The van der Waals surface area contributed by atoms with Crippen LogP contribution in [0, 0.1) is 0 Å². The predicted molar refractivity (Wildman–Crippen MR) is 64.4 cm³/mol. The molecule has 3 rings (SSSR count). The Kier molecular flexibility index (Phi) is 3.07. The quantitative estimate of drug-likeness (QED) is 0.526. The zero-order valence-corrected chi connectivity index (χ0v) is 11.2. The molecule has 0 amide bonds. The molecule has 0 aliphatic carbocycles. The van der Waals surface area contributed by atoms with Crippen LogP contribution in [-0.2, 0) is 34.3 Å². The first-order valence-electron chi connectivity index (χ1n) is 6.11. The smallest absolute Gasteiger partial charge is 0.333 e. The first-order chi connectivity index (χ1) is 8.99. The summed E-state index contributed by atoms with van der Waals surface area (Å²) in [6.45, 7) is 5.07. The van der Waals surface area contributed by atoms with Crippen LogP contribution < -0.4 is 0 Å². The second-order valence-electron chi connectivity index (χ2n) is 5.04. The number of Topliss-reactive ketones (excluding diaryl/α,β-unsaturated/α-hetero) is 1. The molecular weight excluding hydrogens is 272 g/mol. The van der Waals surface area contributed by atoms with E-state index >= 15 is 0 Å². The van der Waals surface area contributed by atoms with E-state index in [1.807, 2.05) is 0 Å². The van der Waals surface area contributed by atoms with Crippen LogP contribution in [0.1, 0.15) is 19.8 Å². The summed E-state index contributed by atoms with van der Waals surface area (Å²) in [6, 6.07) is 0. The summed E-state index contributed by atoms with van der Waals surface area (Å²) in [6.07, 6.45) is -1.45. The van der Waals surface area contributed by atoms with Crippen LogP contribution in [0.2, 0.25) is 0 Å². The van der Waals surface area contributed by atoms with E-state index in [2.05, 4.69) is 6.58 Å². The summed E-state index contributed by atoms with van der Waals surface area (Å²) in [4.78, 5) is 23.5. The van der Waals surface area contributed by atoms with Gasteiger partial charge in [0.15, 0.2) is 23.0 Å². The van der Waals surface area contributed by atoms with Crippen LogP contribution in [0.4, 0.5) is 0 Å². The second-order valence-corrected chi connectivity index (χ2v) is 6.26. The molecule has 19 heavy (non-hydrogen) atoms. The van der Waals surface area contributed by atoms with Crippen molar-refractivity contribution in [3.63, 3.8) is 0 Å². The Balaban J connectivity index is 1.86. The zero-order chi connectivity index (χ0) is 13.7. The normalized spacial score (nSPS) is 43.9. The number of fused-ring (bicyclic) bond motifs is 1. The van der Waals surface area contributed by atoms with Crippen molar-refractivity contribution in [2.24, 2.45) is 0 Å². The molecule has 3 aliphatic heterocycles. The number of ether oxygens (including phenoxy) is 2. The van der Waals surface area contributed by atoms with Crippen molar-refractivity contribution in [3.8, 4) is 0 Å². The van der Waals surface area contributed by atoms with E-state index in [0.717, 1.165) is 0 Å². The molecule has 104 valence electrons. The van der Waals surface area contributed by atoms with Gasteiger partial charge in [0.25, 0.3) is 0 Å². The highest BCUT2D eigenvalue weighted by molar-refractivity contribution is 7.82. The van der Waals surface area contributed by atoms with Crippen molar-refractivity contribution in [1.29, 1.82) is 0 Å². The summed E-state index contributed by atoms with van der Waals surface area (Å²) in [5, 5.41) is -0.747. The first-order valence-corrected chi connectivity index (χ1v) is 7.25. The fraction of sp³-hybridized carbons (Fsp3) is 0.667. The monoisotopic (exact) mass is 286 g/mol. The van der Waals surface area contributed by atoms with Gasteiger partial charge in [-0.25, -0.2) is 9.00 Å². The fourth-order valence-corrected chi connectivity index (χ4v) is 4.03. The lowest BCUT2D eigenvalue weighted by molar-refractivity contribution is -0.149. The van der Waals surface area contributed by atoms with Gasteiger partial charge < -0.3 is 9.47 Å². The van der Waals surface area contributed by atoms with Gasteiger partial charge in [0.05, 0.1) is 6.10 Å². The van der Waals surface area contributed by atoms with E-state index in [1.165, 1.54) is 0 Å². The molecule has 3 saturated heterocycles. The third-order valence-corrected chi connectivity index (χ3v) is 5.00. The third-order valence-electron chi connectivity index (χ3n) is 3.64. The Morgan fingerprint density at radius 2 is 2.21 bits per heavy atom. The highest BCUT2D eigenvalue weighted by Crippen LogP contribution is 2.41. The average molecular weight is 286 g/mol. The van der Waals surface area contributed by atoms with E-state index in [4.69, 9.17) is 13.7 Å². The number of carbonyl (C=O) groups is 2. The molecule has 0 aromatic carbocycles. The van der Waals surface area contributed by atoms with Gasteiger partial charge >= 0.3 is 5.97 Å². The third kappa shape index (κ3) is 1.96. The van der Waals surface area contributed by atoms with E-state index in [9.17, 15) is 13.8 Å². The predicted octanol–water partition coefficient (Wildman–Crippen LogP) is 0.0357. The minimum Gasteiger partial charge on any atom is -0.453 e. The molecule has 7 heteroatoms. The molecule has 0 aromatic rings. The molecule has 0 saturated carbocycles. The Morgan fingerprint density at radius 3 is 2.89 bits per heavy atom. The lowest BCUT2D eigenvalue weighted by atomic mass is 9.95. The summed E-state index contributed by atoms with van der Waals surface area (Å²) in [7, 11) is 0. The molecular formula is C12H14O6S. The van der Waals surface area contributed by atoms with Gasteiger partial charge in [-0.1, -0.05) is 6.58 Å². The highest BCUT2D eigenvalue weighted by atomic mass is 32.2. The van der Waals surface area contributed by atoms with E-state index in [-0.39, 0.29) is 23.9 Å². The van der Waals surface area contributed by atoms with Crippen LogP contribution in [-0.4, -0.2) is 45.6 Å². The molecule has 0 N–H and O–H groups in total. The standard InChI is InChI=1S/C12H14O6S/c1-5(2)12(14)17-8-7-4-3-6(13)11-10(16-7)9(8)18-19(11)15/h7-11H,1,3-4H2,2H3. The number of hydrogen-bond donors (Lipinski definition) is 0. The van der Waals surface area contributed by atoms with Crippen molar-refractivity contribution in [2.45, 2.75) is 49.4 Å². The maximum absolute atomic E-state index is 11.8. The molecule has 0 radical (unpaired) electrons. The Morgan fingerprint density at radius 1 is 1.47 bits per heavy atom. The second kappa shape index (κ2) is 4.50. The van der Waals surface area contributed by atoms with Crippen LogP contribution >= 0.6 is 0 Å². The minimum atomic E-state index is -1.71. The van der Waals surface area contributed by atoms with Gasteiger partial charge in [0.2, 0.25) is 0 Å². The number of rotatable bonds is 2. The molecule has 6 atom stereocenters. The highest BCUT2D eigenvalue weighted by Gasteiger charge is 2.61. The van der Waals surface area contributed by atoms with Crippen molar-refractivity contribution in [2.75, 3.05) is 0 Å². The van der Waals surface area contributed by atoms with E-state index < -0.39 is 40.6 Å². The van der Waals surface area contributed by atoms with Gasteiger partial charge in [-0.3, -0.25) is 8.98 Å². The molecule has 6 unspecified atom stereocenters. The molecule has 2 bridgehead atoms. The SMILES string of the molecule is C=C(C)C(=O)OC1C2CCC(=O)C3C(O2)C1OS3=O. The maximum atomic E-state index is 11.8. The van der Waals surface area contributed by atoms with Crippen molar-refractivity contribution >= 4 is 22.8 Å². The molecule has 3 heterocycles. The summed E-state index contributed by atoms with van der Waals surface area (Å²) in [5.41, 5.74) is 0.283. The number of hydrogen-bond acceptors (Lipinski definition) is 6. The Labute approximate surface area is 112 Å². The lowest BCUT2D eigenvalue weighted by Gasteiger charge is -2.21. The van der Waals surface area contributed by atoms with E-state index in [1.54, 1.807) is 6.92 Å². The van der Waals surface area contributed by atoms with Gasteiger partial charge in [-0.05, 0) is 13.3 Å². The van der Waals surface area contributed by atoms with Gasteiger partial charge in [0, 0.05) is 12.0 Å². The molecule has 0 aromatic heterocycles. The average Bonchev–Trinajstić information content (AvgIpc) is 2.76. The number of esters is 1. The fourth-order valence-electron chi connectivity index (χ4n) is 2.70. The molecule has 6 nitrogen and oxygen atoms in total. The van der Waals surface area contributed by atoms with Gasteiger partial charge in [-0.2, -0.15) is 0 Å². The minimum absolute atomic E-state index is 0.0991. The number of ketones is 1. The van der Waals surface area contributed by atoms with Crippen molar-refractivity contribution in [1.82, 2.24) is 0 Å². The maximum Gasteiger partial charge on any atom is 0.333 e. The topological polar surface area (TPSA) is 78.9 Å². The summed E-state index contributed by atoms with van der Waals surface area (Å²) < 4.78 is 28.1. The molecule has 3 fully saturated rings. The summed E-state index contributed by atoms with van der Waals surface area (Å²) >= 11 is -1.71. The van der Waals surface area contributed by atoms with Crippen LogP contribution in [0.25, 0.3) is 0 Å². The number of carbonyl (C=O) groups excluding carboxylic acids is 2.